The van der Waals surface area contributed by atoms with Crippen molar-refractivity contribution in [2.45, 2.75) is 4.90 Å². The third-order valence-electron chi connectivity index (χ3n) is 2.68. The molecule has 0 aliphatic carbocycles. The Morgan fingerprint density at radius 3 is 2.36 bits per heavy atom. The largest absolute Gasteiger partial charge is 0.481 e. The average Bonchev–Trinajstić information content (AvgIpc) is 2.50. The molecule has 0 amide bonds. The van der Waals surface area contributed by atoms with Crippen molar-refractivity contribution in [2.24, 2.45) is 0 Å². The monoisotopic (exact) mass is 330 g/mol. The van der Waals surface area contributed by atoms with Crippen molar-refractivity contribution in [2.75, 3.05) is 18.9 Å². The summed E-state index contributed by atoms with van der Waals surface area (Å²) >= 11 is 0. The average molecular weight is 330 g/mol. The first kappa shape index (κ1) is 16.0. The Labute approximate surface area is 125 Å². The van der Waals surface area contributed by atoms with E-state index in [2.05, 4.69) is 9.71 Å². The number of nitrogens with zero attached hydrogens (tertiary/aromatic N) is 1. The zero-order valence-corrected chi connectivity index (χ0v) is 12.4. The van der Waals surface area contributed by atoms with Gasteiger partial charge in [-0.15, -0.1) is 0 Å². The summed E-state index contributed by atoms with van der Waals surface area (Å²) in [5.41, 5.74) is 0.0352. The van der Waals surface area contributed by atoms with Crippen LogP contribution in [0.4, 0.5) is 14.5 Å². The molecule has 2 rings (SSSR count). The summed E-state index contributed by atoms with van der Waals surface area (Å²) in [7, 11) is -1.42. The lowest BCUT2D eigenvalue weighted by Gasteiger charge is -2.12. The van der Waals surface area contributed by atoms with Gasteiger partial charge in [-0.1, -0.05) is 0 Å². The van der Waals surface area contributed by atoms with Crippen molar-refractivity contribution in [3.8, 4) is 11.8 Å². The van der Waals surface area contributed by atoms with Gasteiger partial charge in [-0.25, -0.2) is 17.2 Å². The van der Waals surface area contributed by atoms with E-state index in [9.17, 15) is 17.2 Å². The van der Waals surface area contributed by atoms with E-state index in [-0.39, 0.29) is 17.4 Å². The Balaban J connectivity index is 2.38. The van der Waals surface area contributed by atoms with E-state index >= 15 is 0 Å². The van der Waals surface area contributed by atoms with Crippen molar-refractivity contribution in [3.63, 3.8) is 0 Å². The Bertz CT molecular complexity index is 797. The maximum atomic E-state index is 13.2. The summed E-state index contributed by atoms with van der Waals surface area (Å²) < 4.78 is 62.4. The van der Waals surface area contributed by atoms with E-state index in [1.807, 2.05) is 0 Å². The predicted molar refractivity (Wildman–Crippen MR) is 74.5 cm³/mol. The lowest BCUT2D eigenvalue weighted by atomic mass is 10.3. The molecule has 0 aliphatic heterocycles. The third kappa shape index (κ3) is 3.25. The number of rotatable bonds is 5. The molecule has 1 aromatic heterocycles. The highest BCUT2D eigenvalue weighted by Gasteiger charge is 2.19. The van der Waals surface area contributed by atoms with Crippen molar-refractivity contribution in [1.82, 2.24) is 4.98 Å². The van der Waals surface area contributed by atoms with Crippen molar-refractivity contribution < 1.29 is 26.7 Å². The van der Waals surface area contributed by atoms with Crippen molar-refractivity contribution >= 4 is 15.7 Å². The van der Waals surface area contributed by atoms with Gasteiger partial charge in [-0.3, -0.25) is 4.72 Å². The van der Waals surface area contributed by atoms with Gasteiger partial charge in [0.15, 0.2) is 11.6 Å². The highest BCUT2D eigenvalue weighted by molar-refractivity contribution is 7.92. The number of hydrogen-bond donors (Lipinski definition) is 1. The maximum absolute atomic E-state index is 13.2. The van der Waals surface area contributed by atoms with Gasteiger partial charge in [0, 0.05) is 6.07 Å². The third-order valence-corrected chi connectivity index (χ3v) is 4.05. The molecule has 2 aromatic rings. The lowest BCUT2D eigenvalue weighted by Crippen LogP contribution is -2.14. The van der Waals surface area contributed by atoms with Crippen LogP contribution in [0.2, 0.25) is 0 Å². The number of hydrogen-bond acceptors (Lipinski definition) is 5. The molecule has 1 N–H and O–H groups in total. The van der Waals surface area contributed by atoms with Crippen LogP contribution in [0.3, 0.4) is 0 Å². The fraction of sp³-hybridized carbons (Fsp3) is 0.154. The molecule has 0 atom stereocenters. The second-order valence-electron chi connectivity index (χ2n) is 4.09. The highest BCUT2D eigenvalue weighted by Crippen LogP contribution is 2.27. The molecule has 0 aliphatic rings. The van der Waals surface area contributed by atoms with Gasteiger partial charge in [0.2, 0.25) is 11.8 Å². The number of aromatic nitrogens is 1. The number of sulfonamides is 1. The van der Waals surface area contributed by atoms with Gasteiger partial charge in [0.1, 0.15) is 5.69 Å². The SMILES string of the molecule is COc1ccc(NS(=O)(=O)c2ccc(F)c(F)c2)c(OC)n1. The number of nitrogens with one attached hydrogen (secondary N) is 1. The van der Waals surface area contributed by atoms with Crippen LogP contribution in [0.1, 0.15) is 0 Å². The van der Waals surface area contributed by atoms with Gasteiger partial charge in [0.05, 0.1) is 19.1 Å². The van der Waals surface area contributed by atoms with E-state index in [1.54, 1.807) is 0 Å². The Morgan fingerprint density at radius 1 is 1.05 bits per heavy atom. The fourth-order valence-electron chi connectivity index (χ4n) is 1.62. The van der Waals surface area contributed by atoms with Crippen LogP contribution in [0.25, 0.3) is 0 Å². The Kier molecular flexibility index (Phi) is 4.45. The molecule has 1 heterocycles. The smallest absolute Gasteiger partial charge is 0.262 e. The van der Waals surface area contributed by atoms with E-state index in [4.69, 9.17) is 9.47 Å². The van der Waals surface area contributed by atoms with Crippen LogP contribution in [-0.2, 0) is 10.0 Å². The van der Waals surface area contributed by atoms with E-state index in [0.29, 0.717) is 6.07 Å². The minimum absolute atomic E-state index is 0.0227. The summed E-state index contributed by atoms with van der Waals surface area (Å²) in [6, 6.07) is 5.06. The highest BCUT2D eigenvalue weighted by atomic mass is 32.2. The van der Waals surface area contributed by atoms with Crippen LogP contribution in [-0.4, -0.2) is 27.6 Å². The first-order chi connectivity index (χ1) is 10.4. The maximum Gasteiger partial charge on any atom is 0.262 e. The van der Waals surface area contributed by atoms with E-state index in [1.165, 1.54) is 26.4 Å². The minimum Gasteiger partial charge on any atom is -0.481 e. The topological polar surface area (TPSA) is 77.5 Å². The Hall–Kier alpha value is -2.42. The molecular weight excluding hydrogens is 318 g/mol. The van der Waals surface area contributed by atoms with Crippen LogP contribution in [0, 0.1) is 11.6 Å². The number of halogens is 2. The van der Waals surface area contributed by atoms with Gasteiger partial charge < -0.3 is 9.47 Å². The van der Waals surface area contributed by atoms with Gasteiger partial charge in [-0.2, -0.15) is 4.98 Å². The normalized spacial score (nSPS) is 11.1. The molecule has 6 nitrogen and oxygen atoms in total. The zero-order valence-electron chi connectivity index (χ0n) is 11.6. The molecule has 0 saturated heterocycles. The summed E-state index contributed by atoms with van der Waals surface area (Å²) in [5, 5.41) is 0. The molecule has 0 spiro atoms. The second kappa shape index (κ2) is 6.14. The van der Waals surface area contributed by atoms with E-state index < -0.39 is 26.6 Å². The molecule has 22 heavy (non-hydrogen) atoms. The van der Waals surface area contributed by atoms with Gasteiger partial charge in [0.25, 0.3) is 10.0 Å². The molecule has 9 heteroatoms. The number of benzene rings is 1. The summed E-state index contributed by atoms with van der Waals surface area (Å²) in [6.07, 6.45) is 0. The molecule has 0 bridgehead atoms. The first-order valence-electron chi connectivity index (χ1n) is 5.94. The molecule has 1 aromatic carbocycles. The number of ether oxygens (including phenoxy) is 2. The summed E-state index contributed by atoms with van der Waals surface area (Å²) in [5.74, 6) is -2.19. The van der Waals surface area contributed by atoms with Crippen LogP contribution < -0.4 is 14.2 Å². The fourth-order valence-corrected chi connectivity index (χ4v) is 2.69. The molecule has 0 unspecified atom stereocenters. The van der Waals surface area contributed by atoms with E-state index in [0.717, 1.165) is 12.1 Å². The van der Waals surface area contributed by atoms with Crippen LogP contribution in [0.15, 0.2) is 35.2 Å². The summed E-state index contributed by atoms with van der Waals surface area (Å²) in [4.78, 5) is 3.49. The molecule has 0 radical (unpaired) electrons. The molecule has 0 saturated carbocycles. The zero-order chi connectivity index (χ0) is 16.3. The summed E-state index contributed by atoms with van der Waals surface area (Å²) in [6.45, 7) is 0. The quantitative estimate of drug-likeness (QED) is 0.909. The second-order valence-corrected chi connectivity index (χ2v) is 5.77. The molecule has 0 fully saturated rings. The Morgan fingerprint density at radius 2 is 1.77 bits per heavy atom. The van der Waals surface area contributed by atoms with Crippen LogP contribution in [0.5, 0.6) is 11.8 Å². The number of pyridine rings is 1. The lowest BCUT2D eigenvalue weighted by molar-refractivity contribution is 0.366. The molecular formula is C13H12F2N2O4S. The number of anilines is 1. The minimum atomic E-state index is -4.12. The van der Waals surface area contributed by atoms with Gasteiger partial charge >= 0.3 is 0 Å². The van der Waals surface area contributed by atoms with Crippen molar-refractivity contribution in [1.29, 1.82) is 0 Å². The van der Waals surface area contributed by atoms with Gasteiger partial charge in [-0.05, 0) is 24.3 Å². The first-order valence-corrected chi connectivity index (χ1v) is 7.42. The van der Waals surface area contributed by atoms with Crippen LogP contribution >= 0.6 is 0 Å². The van der Waals surface area contributed by atoms with Crippen molar-refractivity contribution in [3.05, 3.63) is 42.0 Å². The predicted octanol–water partition coefficient (Wildman–Crippen LogP) is 2.18. The number of methoxy groups -OCH3 is 2. The standard InChI is InChI=1S/C13H12F2N2O4S/c1-20-12-6-5-11(13(16-12)21-2)17-22(18,19)8-3-4-9(14)10(15)7-8/h3-7,17H,1-2H3. The molecule has 118 valence electrons.